The molecule has 11 aromatic carbocycles. The average molecular weight is 947 g/mol. The summed E-state index contributed by atoms with van der Waals surface area (Å²) in [7, 11) is 0. The first-order chi connectivity index (χ1) is 36.7. The van der Waals surface area contributed by atoms with Gasteiger partial charge < -0.3 is 9.80 Å². The van der Waals surface area contributed by atoms with Crippen LogP contribution in [0.3, 0.4) is 0 Å². The van der Waals surface area contributed by atoms with Gasteiger partial charge >= 0.3 is 0 Å². The van der Waals surface area contributed by atoms with Crippen LogP contribution in [0.25, 0.3) is 61.2 Å². The molecule has 0 saturated heterocycles. The van der Waals surface area contributed by atoms with Crippen LogP contribution in [0.5, 0.6) is 0 Å². The molecule has 2 heteroatoms. The first kappa shape index (κ1) is 45.6. The van der Waals surface area contributed by atoms with E-state index in [0.29, 0.717) is 5.92 Å². The number of anilines is 6. The third kappa shape index (κ3) is 9.90. The summed E-state index contributed by atoms with van der Waals surface area (Å²) in [5.74, 6) is 0.345. The zero-order valence-electron chi connectivity index (χ0n) is 41.1. The molecule has 0 spiro atoms. The van der Waals surface area contributed by atoms with Crippen LogP contribution in [0.2, 0.25) is 0 Å². The highest BCUT2D eigenvalue weighted by Crippen LogP contribution is 2.40. The van der Waals surface area contributed by atoms with Gasteiger partial charge in [0.1, 0.15) is 0 Å². The summed E-state index contributed by atoms with van der Waals surface area (Å²) in [5.41, 5.74) is 22.6. The number of rotatable bonds is 13. The van der Waals surface area contributed by atoms with E-state index in [0.717, 1.165) is 40.5 Å². The maximum atomic E-state index is 2.39. The minimum atomic E-state index is 0.345. The molecular formula is C72H54N2. The van der Waals surface area contributed by atoms with E-state index in [9.17, 15) is 0 Å². The second-order valence-electron chi connectivity index (χ2n) is 18.9. The fourth-order valence-corrected chi connectivity index (χ4v) is 10.2. The molecule has 11 aromatic rings. The van der Waals surface area contributed by atoms with Crippen molar-refractivity contribution in [2.24, 2.45) is 0 Å². The number of allylic oxidation sites excluding steroid dienone is 4. The summed E-state index contributed by atoms with van der Waals surface area (Å²) < 4.78 is 0. The van der Waals surface area contributed by atoms with Crippen LogP contribution < -0.4 is 9.80 Å². The van der Waals surface area contributed by atoms with Crippen molar-refractivity contribution < 1.29 is 0 Å². The van der Waals surface area contributed by atoms with Crippen molar-refractivity contribution in [1.29, 1.82) is 0 Å². The topological polar surface area (TPSA) is 6.48 Å². The van der Waals surface area contributed by atoms with Gasteiger partial charge in [-0.25, -0.2) is 0 Å². The molecule has 1 aliphatic carbocycles. The number of para-hydroxylation sites is 2. The van der Waals surface area contributed by atoms with Crippen LogP contribution in [0.4, 0.5) is 34.1 Å². The highest BCUT2D eigenvalue weighted by molar-refractivity contribution is 5.83. The quantitative estimate of drug-likeness (QED) is 0.114. The van der Waals surface area contributed by atoms with Crippen molar-refractivity contribution in [2.75, 3.05) is 9.80 Å². The van der Waals surface area contributed by atoms with Crippen molar-refractivity contribution in [3.63, 3.8) is 0 Å². The second kappa shape index (κ2) is 21.1. The normalized spacial score (nSPS) is 13.0. The Morgan fingerprint density at radius 1 is 0.230 bits per heavy atom. The van der Waals surface area contributed by atoms with Crippen molar-refractivity contribution in [3.05, 3.63) is 321 Å². The van der Waals surface area contributed by atoms with Crippen molar-refractivity contribution in [2.45, 2.75) is 12.3 Å². The van der Waals surface area contributed by atoms with E-state index in [2.05, 4.69) is 319 Å². The lowest BCUT2D eigenvalue weighted by atomic mass is 9.87. The Balaban J connectivity index is 0.679. The van der Waals surface area contributed by atoms with Gasteiger partial charge in [0.15, 0.2) is 0 Å². The zero-order valence-corrected chi connectivity index (χ0v) is 41.1. The van der Waals surface area contributed by atoms with Crippen LogP contribution in [0, 0.1) is 0 Å². The minimum absolute atomic E-state index is 0.345. The summed E-state index contributed by atoms with van der Waals surface area (Å²) in [6.45, 7) is 0. The summed E-state index contributed by atoms with van der Waals surface area (Å²) >= 11 is 0. The molecule has 0 saturated carbocycles. The molecule has 2 nitrogen and oxygen atoms in total. The first-order valence-corrected chi connectivity index (χ1v) is 25.6. The number of benzene rings is 11. The van der Waals surface area contributed by atoms with Gasteiger partial charge in [0.05, 0.1) is 0 Å². The van der Waals surface area contributed by atoms with Gasteiger partial charge in [-0.2, -0.15) is 0 Å². The second-order valence-corrected chi connectivity index (χ2v) is 18.9. The Kier molecular flexibility index (Phi) is 13.0. The number of nitrogens with zero attached hydrogens (tertiary/aromatic N) is 2. The largest absolute Gasteiger partial charge is 0.311 e. The molecule has 1 unspecified atom stereocenters. The molecule has 0 radical (unpaired) electrons. The minimum Gasteiger partial charge on any atom is -0.311 e. The predicted octanol–water partition coefficient (Wildman–Crippen LogP) is 20.1. The molecule has 0 heterocycles. The lowest BCUT2D eigenvalue weighted by Gasteiger charge is -2.26. The van der Waals surface area contributed by atoms with Gasteiger partial charge in [-0.15, -0.1) is 0 Å². The molecule has 12 rings (SSSR count). The van der Waals surface area contributed by atoms with E-state index >= 15 is 0 Å². The van der Waals surface area contributed by atoms with Crippen molar-refractivity contribution in [1.82, 2.24) is 0 Å². The van der Waals surface area contributed by atoms with Gasteiger partial charge in [0.25, 0.3) is 0 Å². The summed E-state index contributed by atoms with van der Waals surface area (Å²) in [6, 6.07) is 105. The zero-order chi connectivity index (χ0) is 49.5. The SMILES string of the molecule is C1=CC(c2ccc(-c3ccc(N(c4ccccc4)c4ccc(-c5ccccc5)cc4)cc3)cc2)CC=C1c1ccc(-c2ccc(-c3ccc(N(c4ccccc4)c4ccc(-c5ccccc5)cc4)cc3)cc2)cc1. The summed E-state index contributed by atoms with van der Waals surface area (Å²) in [5, 5.41) is 0. The van der Waals surface area contributed by atoms with Gasteiger partial charge in [0, 0.05) is 40.0 Å². The maximum Gasteiger partial charge on any atom is 0.0462 e. The highest BCUT2D eigenvalue weighted by Gasteiger charge is 2.17. The fraction of sp³-hybridized carbons (Fsp3) is 0.0278. The van der Waals surface area contributed by atoms with Gasteiger partial charge in [-0.1, -0.05) is 237 Å². The Morgan fingerprint density at radius 3 is 0.770 bits per heavy atom. The Bertz CT molecular complexity index is 3640. The number of hydrogen-bond donors (Lipinski definition) is 0. The molecule has 0 fully saturated rings. The number of hydrogen-bond acceptors (Lipinski definition) is 2. The third-order valence-electron chi connectivity index (χ3n) is 14.3. The van der Waals surface area contributed by atoms with Gasteiger partial charge in [-0.05, 0) is 152 Å². The third-order valence-corrected chi connectivity index (χ3v) is 14.3. The molecule has 0 bridgehead atoms. The van der Waals surface area contributed by atoms with E-state index in [4.69, 9.17) is 0 Å². The lowest BCUT2D eigenvalue weighted by Crippen LogP contribution is -2.09. The summed E-state index contributed by atoms with van der Waals surface area (Å²) in [6.07, 6.45) is 8.02. The van der Waals surface area contributed by atoms with Crippen LogP contribution in [0.1, 0.15) is 23.5 Å². The standard InChI is InChI=1S/C72H54N2/c1-5-13-53(14-6-1)63-37-45-69(46-38-63)73(67-17-9-3-10-18-67)71-49-41-65(42-50-71)61-33-29-59(30-34-61)57-25-21-55(22-26-57)56-23-27-58(28-24-56)60-31-35-62(36-32-60)66-43-51-72(52-44-66)74(68-19-11-4-12-20-68)70-47-39-64(40-48-70)54-15-7-2-8-16-54/h1-27,29-52,58H,28H2. The van der Waals surface area contributed by atoms with E-state index in [1.165, 1.54) is 72.3 Å². The lowest BCUT2D eigenvalue weighted by molar-refractivity contribution is 0.857. The first-order valence-electron chi connectivity index (χ1n) is 25.6. The molecule has 0 N–H and O–H groups in total. The molecular weight excluding hydrogens is 893 g/mol. The van der Waals surface area contributed by atoms with E-state index in [-0.39, 0.29) is 0 Å². The van der Waals surface area contributed by atoms with Crippen LogP contribution >= 0.6 is 0 Å². The smallest absolute Gasteiger partial charge is 0.0462 e. The van der Waals surface area contributed by atoms with E-state index in [1.54, 1.807) is 0 Å². The van der Waals surface area contributed by atoms with Crippen LogP contribution in [-0.4, -0.2) is 0 Å². The molecule has 0 amide bonds. The summed E-state index contributed by atoms with van der Waals surface area (Å²) in [4.78, 5) is 4.63. The van der Waals surface area contributed by atoms with E-state index in [1.807, 2.05) is 0 Å². The van der Waals surface area contributed by atoms with Crippen LogP contribution in [-0.2, 0) is 0 Å². The fourth-order valence-electron chi connectivity index (χ4n) is 10.2. The predicted molar refractivity (Wildman–Crippen MR) is 314 cm³/mol. The van der Waals surface area contributed by atoms with Gasteiger partial charge in [-0.3, -0.25) is 0 Å². The molecule has 0 aromatic heterocycles. The maximum absolute atomic E-state index is 2.39. The molecule has 74 heavy (non-hydrogen) atoms. The molecule has 0 aliphatic heterocycles. The molecule has 1 aliphatic rings. The van der Waals surface area contributed by atoms with Crippen molar-refractivity contribution >= 4 is 39.7 Å². The van der Waals surface area contributed by atoms with Gasteiger partial charge in [0.2, 0.25) is 0 Å². The Labute approximate surface area is 435 Å². The Hall–Kier alpha value is -9.50. The molecule has 352 valence electrons. The molecule has 1 atom stereocenters. The Morgan fingerprint density at radius 2 is 0.473 bits per heavy atom. The monoisotopic (exact) mass is 946 g/mol. The highest BCUT2D eigenvalue weighted by atomic mass is 15.1. The average Bonchev–Trinajstić information content (AvgIpc) is 3.49. The van der Waals surface area contributed by atoms with Crippen LogP contribution in [0.15, 0.2) is 309 Å². The van der Waals surface area contributed by atoms with Crippen molar-refractivity contribution in [3.8, 4) is 55.6 Å². The van der Waals surface area contributed by atoms with E-state index < -0.39 is 0 Å².